The molecule has 1 aliphatic carbocycles. The third-order valence-corrected chi connectivity index (χ3v) is 3.70. The molecule has 2 aliphatic rings. The Bertz CT molecular complexity index is 252. The van der Waals surface area contributed by atoms with Gasteiger partial charge < -0.3 is 10.1 Å². The zero-order chi connectivity index (χ0) is 10.7. The lowest BCUT2D eigenvalue weighted by Crippen LogP contribution is -2.52. The minimum Gasteiger partial charge on any atom is -0.375 e. The smallest absolute Gasteiger partial charge is 0.0697 e. The molecule has 15 heavy (non-hydrogen) atoms. The van der Waals surface area contributed by atoms with Crippen LogP contribution in [0.5, 0.6) is 0 Å². The highest BCUT2D eigenvalue weighted by atomic mass is 16.5. The van der Waals surface area contributed by atoms with E-state index in [0.717, 1.165) is 19.4 Å². The molecule has 0 bridgehead atoms. The van der Waals surface area contributed by atoms with Gasteiger partial charge >= 0.3 is 0 Å². The highest BCUT2D eigenvalue weighted by molar-refractivity contribution is 4.97. The molecule has 1 saturated heterocycles. The molecule has 1 N–H and O–H groups in total. The van der Waals surface area contributed by atoms with Crippen LogP contribution in [0.25, 0.3) is 0 Å². The molecule has 2 rings (SSSR count). The maximum Gasteiger partial charge on any atom is 0.0697 e. The average Bonchev–Trinajstić information content (AvgIpc) is 2.16. The second-order valence-electron chi connectivity index (χ2n) is 5.05. The normalized spacial score (nSPS) is 30.5. The first kappa shape index (κ1) is 11.0. The highest BCUT2D eigenvalue weighted by Crippen LogP contribution is 2.42. The third-order valence-electron chi connectivity index (χ3n) is 3.70. The average molecular weight is 207 g/mol. The van der Waals surface area contributed by atoms with E-state index in [1.807, 2.05) is 0 Å². The van der Waals surface area contributed by atoms with E-state index in [-0.39, 0.29) is 5.60 Å². The number of terminal acetylenes is 1. The maximum absolute atomic E-state index is 5.89. The third kappa shape index (κ3) is 2.53. The van der Waals surface area contributed by atoms with E-state index < -0.39 is 0 Å². The first-order valence-electron chi connectivity index (χ1n) is 6.08. The van der Waals surface area contributed by atoms with Gasteiger partial charge in [-0.1, -0.05) is 0 Å². The molecule has 1 saturated carbocycles. The van der Waals surface area contributed by atoms with E-state index in [1.54, 1.807) is 0 Å². The minimum atomic E-state index is 0.242. The van der Waals surface area contributed by atoms with Crippen molar-refractivity contribution in [2.45, 2.75) is 63.1 Å². The summed E-state index contributed by atoms with van der Waals surface area (Å²) in [6.07, 6.45) is 12.3. The zero-order valence-electron chi connectivity index (χ0n) is 9.59. The molecule has 1 spiro atoms. The van der Waals surface area contributed by atoms with Crippen molar-refractivity contribution in [3.63, 3.8) is 0 Å². The first-order valence-corrected chi connectivity index (χ1v) is 6.08. The van der Waals surface area contributed by atoms with Crippen molar-refractivity contribution in [3.8, 4) is 12.3 Å². The topological polar surface area (TPSA) is 21.3 Å². The van der Waals surface area contributed by atoms with E-state index in [0.29, 0.717) is 12.1 Å². The second kappa shape index (κ2) is 4.55. The van der Waals surface area contributed by atoms with Gasteiger partial charge in [0.15, 0.2) is 0 Å². The van der Waals surface area contributed by atoms with Gasteiger partial charge in [-0.3, -0.25) is 0 Å². The highest BCUT2D eigenvalue weighted by Gasteiger charge is 2.42. The molecule has 2 heteroatoms. The summed E-state index contributed by atoms with van der Waals surface area (Å²) in [5, 5.41) is 3.62. The number of nitrogens with one attached hydrogen (secondary N) is 1. The van der Waals surface area contributed by atoms with Crippen LogP contribution in [0.15, 0.2) is 0 Å². The molecule has 0 radical (unpaired) electrons. The molecule has 0 aromatic carbocycles. The van der Waals surface area contributed by atoms with Crippen LogP contribution in [0.2, 0.25) is 0 Å². The summed E-state index contributed by atoms with van der Waals surface area (Å²) in [5.74, 6) is 2.71. The van der Waals surface area contributed by atoms with Gasteiger partial charge in [-0.25, -0.2) is 0 Å². The van der Waals surface area contributed by atoms with Crippen molar-refractivity contribution >= 4 is 0 Å². The minimum absolute atomic E-state index is 0.242. The lowest BCUT2D eigenvalue weighted by atomic mass is 9.74. The largest absolute Gasteiger partial charge is 0.375 e. The SMILES string of the molecule is C#CCC(C)NC1CCOC2(CCC2)C1. The predicted octanol–water partition coefficient (Wildman–Crippen LogP) is 2.09. The molecule has 1 heterocycles. The molecule has 0 amide bonds. The van der Waals surface area contributed by atoms with Gasteiger partial charge in [-0.2, -0.15) is 0 Å². The standard InChI is InChI=1S/C13H21NO/c1-3-5-11(2)14-12-6-9-15-13(10-12)7-4-8-13/h1,11-12,14H,4-10H2,2H3. The van der Waals surface area contributed by atoms with Crippen molar-refractivity contribution in [1.82, 2.24) is 5.32 Å². The van der Waals surface area contributed by atoms with E-state index in [1.165, 1.54) is 25.7 Å². The molecule has 0 aromatic heterocycles. The summed E-state index contributed by atoms with van der Waals surface area (Å²) in [6.45, 7) is 3.09. The Morgan fingerprint density at radius 2 is 2.40 bits per heavy atom. The fraction of sp³-hybridized carbons (Fsp3) is 0.846. The predicted molar refractivity (Wildman–Crippen MR) is 61.6 cm³/mol. The van der Waals surface area contributed by atoms with Crippen molar-refractivity contribution in [3.05, 3.63) is 0 Å². The molecule has 1 aliphatic heterocycles. The van der Waals surface area contributed by atoms with E-state index in [4.69, 9.17) is 11.2 Å². The first-order chi connectivity index (χ1) is 7.24. The van der Waals surface area contributed by atoms with Crippen LogP contribution in [0.1, 0.15) is 45.4 Å². The van der Waals surface area contributed by atoms with Gasteiger partial charge in [0.1, 0.15) is 0 Å². The lowest BCUT2D eigenvalue weighted by Gasteiger charge is -2.47. The van der Waals surface area contributed by atoms with E-state index >= 15 is 0 Å². The van der Waals surface area contributed by atoms with Crippen LogP contribution < -0.4 is 5.32 Å². The van der Waals surface area contributed by atoms with Gasteiger partial charge in [-0.05, 0) is 39.0 Å². The number of rotatable bonds is 3. The van der Waals surface area contributed by atoms with Gasteiger partial charge in [0.2, 0.25) is 0 Å². The molecule has 0 aromatic rings. The Kier molecular flexibility index (Phi) is 3.33. The van der Waals surface area contributed by atoms with Crippen molar-refractivity contribution in [1.29, 1.82) is 0 Å². The van der Waals surface area contributed by atoms with Crippen LogP contribution in [-0.4, -0.2) is 24.3 Å². The number of hydrogen-bond acceptors (Lipinski definition) is 2. The zero-order valence-corrected chi connectivity index (χ0v) is 9.59. The molecular weight excluding hydrogens is 186 g/mol. The summed E-state index contributed by atoms with van der Waals surface area (Å²) in [7, 11) is 0. The molecule has 2 fully saturated rings. The second-order valence-corrected chi connectivity index (χ2v) is 5.05. The van der Waals surface area contributed by atoms with Crippen LogP contribution in [-0.2, 0) is 4.74 Å². The quantitative estimate of drug-likeness (QED) is 0.715. The molecular formula is C13H21NO. The summed E-state index contributed by atoms with van der Waals surface area (Å²) < 4.78 is 5.89. The van der Waals surface area contributed by atoms with Crippen LogP contribution in [0.4, 0.5) is 0 Å². The lowest BCUT2D eigenvalue weighted by molar-refractivity contribution is -0.136. The van der Waals surface area contributed by atoms with Gasteiger partial charge in [0, 0.05) is 25.1 Å². The molecule has 2 atom stereocenters. The van der Waals surface area contributed by atoms with E-state index in [9.17, 15) is 0 Å². The molecule has 2 unspecified atom stereocenters. The van der Waals surface area contributed by atoms with Crippen LogP contribution in [0, 0.1) is 12.3 Å². The Morgan fingerprint density at radius 3 is 3.00 bits per heavy atom. The summed E-state index contributed by atoms with van der Waals surface area (Å²) in [6, 6.07) is 1.05. The van der Waals surface area contributed by atoms with Crippen molar-refractivity contribution in [2.24, 2.45) is 0 Å². The van der Waals surface area contributed by atoms with E-state index in [2.05, 4.69) is 18.2 Å². The number of ether oxygens (including phenoxy) is 1. The fourth-order valence-electron chi connectivity index (χ4n) is 2.73. The van der Waals surface area contributed by atoms with Gasteiger partial charge in [-0.15, -0.1) is 12.3 Å². The summed E-state index contributed by atoms with van der Waals surface area (Å²) >= 11 is 0. The maximum atomic E-state index is 5.89. The van der Waals surface area contributed by atoms with Crippen molar-refractivity contribution in [2.75, 3.05) is 6.61 Å². The fourth-order valence-corrected chi connectivity index (χ4v) is 2.73. The van der Waals surface area contributed by atoms with Crippen molar-refractivity contribution < 1.29 is 4.74 Å². The van der Waals surface area contributed by atoms with Crippen LogP contribution >= 0.6 is 0 Å². The molecule has 2 nitrogen and oxygen atoms in total. The van der Waals surface area contributed by atoms with Gasteiger partial charge in [0.25, 0.3) is 0 Å². The monoisotopic (exact) mass is 207 g/mol. The van der Waals surface area contributed by atoms with Gasteiger partial charge in [0.05, 0.1) is 5.60 Å². The summed E-state index contributed by atoms with van der Waals surface area (Å²) in [4.78, 5) is 0. The molecule has 84 valence electrons. The Labute approximate surface area is 92.8 Å². The van der Waals surface area contributed by atoms with Crippen LogP contribution in [0.3, 0.4) is 0 Å². The number of hydrogen-bond donors (Lipinski definition) is 1. The Hall–Kier alpha value is -0.520. The Balaban J connectivity index is 1.80. The Morgan fingerprint density at radius 1 is 1.60 bits per heavy atom. The summed E-state index contributed by atoms with van der Waals surface area (Å²) in [5.41, 5.74) is 0.242.